The Bertz CT molecular complexity index is 382. The van der Waals surface area contributed by atoms with E-state index < -0.39 is 0 Å². The summed E-state index contributed by atoms with van der Waals surface area (Å²) in [5.41, 5.74) is 1.24. The molecule has 4 nitrogen and oxygen atoms in total. The zero-order chi connectivity index (χ0) is 14.8. The van der Waals surface area contributed by atoms with E-state index in [0.717, 1.165) is 30.9 Å². The fourth-order valence-electron chi connectivity index (χ4n) is 1.96. The van der Waals surface area contributed by atoms with Gasteiger partial charge in [0.25, 0.3) is 0 Å². The summed E-state index contributed by atoms with van der Waals surface area (Å²) in [5, 5.41) is 3.41. The summed E-state index contributed by atoms with van der Waals surface area (Å²) < 4.78 is 16.5. The Morgan fingerprint density at radius 3 is 2.50 bits per heavy atom. The molecule has 0 aromatic heterocycles. The maximum atomic E-state index is 5.87. The first-order valence-electron chi connectivity index (χ1n) is 7.27. The summed E-state index contributed by atoms with van der Waals surface area (Å²) >= 11 is 0. The molecule has 1 aromatic rings. The molecule has 0 fully saturated rings. The summed E-state index contributed by atoms with van der Waals surface area (Å²) in [5.74, 6) is 1.57. The lowest BCUT2D eigenvalue weighted by molar-refractivity contribution is 0.135. The number of aryl methyl sites for hydroxylation is 1. The van der Waals surface area contributed by atoms with E-state index in [-0.39, 0.29) is 6.04 Å². The Labute approximate surface area is 122 Å². The van der Waals surface area contributed by atoms with Gasteiger partial charge in [0.1, 0.15) is 6.61 Å². The zero-order valence-corrected chi connectivity index (χ0v) is 13.1. The van der Waals surface area contributed by atoms with Crippen LogP contribution in [0.15, 0.2) is 18.2 Å². The summed E-state index contributed by atoms with van der Waals surface area (Å²) in [6, 6.07) is 6.26. The number of nitrogens with one attached hydrogen (secondary N) is 1. The van der Waals surface area contributed by atoms with E-state index >= 15 is 0 Å². The van der Waals surface area contributed by atoms with Gasteiger partial charge >= 0.3 is 0 Å². The molecule has 1 unspecified atom stereocenters. The maximum Gasteiger partial charge on any atom is 0.161 e. The molecule has 1 aromatic carbocycles. The second kappa shape index (κ2) is 9.61. The highest BCUT2D eigenvalue weighted by molar-refractivity contribution is 5.42. The lowest BCUT2D eigenvalue weighted by Crippen LogP contribution is -2.38. The minimum absolute atomic E-state index is 0.190. The molecule has 0 aliphatic heterocycles. The molecule has 0 saturated carbocycles. The molecule has 20 heavy (non-hydrogen) atoms. The Morgan fingerprint density at radius 2 is 1.90 bits per heavy atom. The number of methoxy groups -OCH3 is 2. The Morgan fingerprint density at radius 1 is 1.10 bits per heavy atom. The molecule has 0 radical (unpaired) electrons. The van der Waals surface area contributed by atoms with E-state index in [2.05, 4.69) is 25.2 Å². The molecule has 1 N–H and O–H groups in total. The lowest BCUT2D eigenvalue weighted by atomic mass is 10.1. The topological polar surface area (TPSA) is 39.7 Å². The highest BCUT2D eigenvalue weighted by atomic mass is 16.5. The van der Waals surface area contributed by atoms with E-state index in [1.165, 1.54) is 5.56 Å². The SMILES string of the molecule is CCCNC(COC)COc1ccc(CC)cc1OC. The largest absolute Gasteiger partial charge is 0.493 e. The van der Waals surface area contributed by atoms with E-state index in [4.69, 9.17) is 14.2 Å². The van der Waals surface area contributed by atoms with Gasteiger partial charge in [0.15, 0.2) is 11.5 Å². The summed E-state index contributed by atoms with van der Waals surface area (Å²) in [6.07, 6.45) is 2.08. The normalized spacial score (nSPS) is 12.2. The van der Waals surface area contributed by atoms with Gasteiger partial charge in [-0.2, -0.15) is 0 Å². The molecule has 114 valence electrons. The van der Waals surface area contributed by atoms with Gasteiger partial charge in [-0.3, -0.25) is 0 Å². The summed E-state index contributed by atoms with van der Waals surface area (Å²) in [4.78, 5) is 0. The van der Waals surface area contributed by atoms with Crippen molar-refractivity contribution in [1.29, 1.82) is 0 Å². The second-order valence-corrected chi connectivity index (χ2v) is 4.76. The minimum Gasteiger partial charge on any atom is -0.493 e. The third-order valence-electron chi connectivity index (χ3n) is 3.13. The van der Waals surface area contributed by atoms with Gasteiger partial charge in [-0.1, -0.05) is 19.9 Å². The molecule has 0 saturated heterocycles. The van der Waals surface area contributed by atoms with Crippen LogP contribution in [0.4, 0.5) is 0 Å². The number of benzene rings is 1. The van der Waals surface area contributed by atoms with Crippen molar-refractivity contribution < 1.29 is 14.2 Å². The van der Waals surface area contributed by atoms with Gasteiger partial charge in [-0.25, -0.2) is 0 Å². The van der Waals surface area contributed by atoms with Crippen molar-refractivity contribution in [2.45, 2.75) is 32.7 Å². The van der Waals surface area contributed by atoms with Gasteiger partial charge in [-0.05, 0) is 37.1 Å². The van der Waals surface area contributed by atoms with Gasteiger partial charge in [0.05, 0.1) is 19.8 Å². The predicted molar refractivity (Wildman–Crippen MR) is 81.8 cm³/mol. The molecule has 1 atom stereocenters. The Balaban J connectivity index is 2.61. The first-order valence-corrected chi connectivity index (χ1v) is 7.27. The molecule has 0 spiro atoms. The highest BCUT2D eigenvalue weighted by Gasteiger charge is 2.11. The summed E-state index contributed by atoms with van der Waals surface area (Å²) in [7, 11) is 3.38. The van der Waals surface area contributed by atoms with Gasteiger partial charge in [-0.15, -0.1) is 0 Å². The fraction of sp³-hybridized carbons (Fsp3) is 0.625. The highest BCUT2D eigenvalue weighted by Crippen LogP contribution is 2.28. The lowest BCUT2D eigenvalue weighted by Gasteiger charge is -2.19. The van der Waals surface area contributed by atoms with Crippen LogP contribution in [0.25, 0.3) is 0 Å². The molecule has 0 aliphatic carbocycles. The van der Waals surface area contributed by atoms with Crippen molar-refractivity contribution in [2.75, 3.05) is 34.0 Å². The van der Waals surface area contributed by atoms with Crippen LogP contribution in [0.3, 0.4) is 0 Å². The van der Waals surface area contributed by atoms with Crippen molar-refractivity contribution in [3.8, 4) is 11.5 Å². The number of rotatable bonds is 10. The van der Waals surface area contributed by atoms with Crippen LogP contribution in [0.2, 0.25) is 0 Å². The average molecular weight is 281 g/mol. The summed E-state index contributed by atoms with van der Waals surface area (Å²) in [6.45, 7) is 6.43. The van der Waals surface area contributed by atoms with Gasteiger partial charge < -0.3 is 19.5 Å². The van der Waals surface area contributed by atoms with Crippen molar-refractivity contribution >= 4 is 0 Å². The smallest absolute Gasteiger partial charge is 0.161 e. The zero-order valence-electron chi connectivity index (χ0n) is 13.1. The van der Waals surface area contributed by atoms with E-state index in [9.17, 15) is 0 Å². The number of ether oxygens (including phenoxy) is 3. The predicted octanol–water partition coefficient (Wildman–Crippen LogP) is 2.65. The van der Waals surface area contributed by atoms with Crippen molar-refractivity contribution in [2.24, 2.45) is 0 Å². The molecule has 4 heteroatoms. The maximum absolute atomic E-state index is 5.87. The Hall–Kier alpha value is -1.26. The minimum atomic E-state index is 0.190. The quantitative estimate of drug-likeness (QED) is 0.716. The average Bonchev–Trinajstić information content (AvgIpc) is 2.49. The number of hydrogen-bond acceptors (Lipinski definition) is 4. The van der Waals surface area contributed by atoms with Gasteiger partial charge in [0.2, 0.25) is 0 Å². The van der Waals surface area contributed by atoms with E-state index in [1.54, 1.807) is 14.2 Å². The van der Waals surface area contributed by atoms with Gasteiger partial charge in [0, 0.05) is 7.11 Å². The van der Waals surface area contributed by atoms with Crippen LogP contribution < -0.4 is 14.8 Å². The number of hydrogen-bond donors (Lipinski definition) is 1. The van der Waals surface area contributed by atoms with Crippen LogP contribution in [0.1, 0.15) is 25.8 Å². The molecule has 0 heterocycles. The first-order chi connectivity index (χ1) is 9.74. The van der Waals surface area contributed by atoms with Crippen LogP contribution >= 0.6 is 0 Å². The third kappa shape index (κ3) is 5.39. The Kier molecular flexibility index (Phi) is 8.07. The van der Waals surface area contributed by atoms with Crippen molar-refractivity contribution in [3.05, 3.63) is 23.8 Å². The first kappa shape index (κ1) is 16.8. The van der Waals surface area contributed by atoms with Crippen molar-refractivity contribution in [3.63, 3.8) is 0 Å². The van der Waals surface area contributed by atoms with E-state index in [1.807, 2.05) is 12.1 Å². The standard InChI is InChI=1S/C16H27NO3/c1-5-9-17-14(11-18-3)12-20-15-8-7-13(6-2)10-16(15)19-4/h7-8,10,14,17H,5-6,9,11-12H2,1-4H3. The third-order valence-corrected chi connectivity index (χ3v) is 3.13. The monoisotopic (exact) mass is 281 g/mol. The molecular formula is C16H27NO3. The van der Waals surface area contributed by atoms with Crippen LogP contribution in [0.5, 0.6) is 11.5 Å². The molecular weight excluding hydrogens is 254 g/mol. The van der Waals surface area contributed by atoms with E-state index in [0.29, 0.717) is 13.2 Å². The molecule has 0 aliphatic rings. The molecule has 0 amide bonds. The van der Waals surface area contributed by atoms with Crippen LogP contribution in [0, 0.1) is 0 Å². The van der Waals surface area contributed by atoms with Crippen LogP contribution in [-0.2, 0) is 11.2 Å². The van der Waals surface area contributed by atoms with Crippen LogP contribution in [-0.4, -0.2) is 40.0 Å². The fourth-order valence-corrected chi connectivity index (χ4v) is 1.96. The molecule has 1 rings (SSSR count). The molecule has 0 bridgehead atoms. The second-order valence-electron chi connectivity index (χ2n) is 4.76. The van der Waals surface area contributed by atoms with Crippen molar-refractivity contribution in [1.82, 2.24) is 5.32 Å².